The van der Waals surface area contributed by atoms with Crippen LogP contribution in [0.3, 0.4) is 0 Å². The van der Waals surface area contributed by atoms with Gasteiger partial charge in [-0.25, -0.2) is 9.37 Å². The number of aryl methyl sites for hydroxylation is 1. The minimum atomic E-state index is -0.307. The number of carbonyl (C=O) groups is 1. The summed E-state index contributed by atoms with van der Waals surface area (Å²) in [7, 11) is 0. The van der Waals surface area contributed by atoms with Crippen LogP contribution in [-0.2, 0) is 4.79 Å². The van der Waals surface area contributed by atoms with Gasteiger partial charge in [0.05, 0.1) is 11.2 Å². The summed E-state index contributed by atoms with van der Waals surface area (Å²) >= 11 is 0. The number of carbonyl (C=O) groups excluding carboxylic acids is 1. The second kappa shape index (κ2) is 5.47. The number of benzene rings is 2. The summed E-state index contributed by atoms with van der Waals surface area (Å²) in [6.45, 7) is 9.10. The number of rotatable bonds is 2. The summed E-state index contributed by atoms with van der Waals surface area (Å²) in [4.78, 5) is 16.0. The van der Waals surface area contributed by atoms with E-state index in [2.05, 4.69) is 16.9 Å². The van der Waals surface area contributed by atoms with Crippen LogP contribution in [0.5, 0.6) is 0 Å². The first kappa shape index (κ1) is 15.2. The van der Waals surface area contributed by atoms with Crippen LogP contribution in [0, 0.1) is 12.7 Å². The minimum absolute atomic E-state index is 0.139. The van der Waals surface area contributed by atoms with E-state index in [0.717, 1.165) is 21.9 Å². The molecule has 0 spiro atoms. The van der Waals surface area contributed by atoms with Gasteiger partial charge in [0.15, 0.2) is 0 Å². The van der Waals surface area contributed by atoms with Crippen LogP contribution in [-0.4, -0.2) is 10.9 Å². The molecular formula is C19H17FN2O. The summed E-state index contributed by atoms with van der Waals surface area (Å²) in [5.41, 5.74) is 3.56. The molecule has 0 aliphatic carbocycles. The average molecular weight is 308 g/mol. The van der Waals surface area contributed by atoms with E-state index < -0.39 is 0 Å². The Morgan fingerprint density at radius 3 is 2.57 bits per heavy atom. The Morgan fingerprint density at radius 2 is 1.91 bits per heavy atom. The number of pyridine rings is 1. The number of fused-ring (bicyclic) bond motifs is 3. The van der Waals surface area contributed by atoms with Gasteiger partial charge in [-0.2, -0.15) is 0 Å². The number of anilines is 1. The Hall–Kier alpha value is -2.75. The van der Waals surface area contributed by atoms with Crippen LogP contribution in [0.2, 0.25) is 0 Å². The number of nitrogens with one attached hydrogen (secondary N) is 1. The normalized spacial score (nSPS) is 11.0. The quantitative estimate of drug-likeness (QED) is 0.689. The van der Waals surface area contributed by atoms with E-state index in [1.54, 1.807) is 6.07 Å². The molecule has 3 rings (SSSR count). The summed E-state index contributed by atoms with van der Waals surface area (Å²) < 4.78 is 14.3. The number of nitrogens with zero attached hydrogens (tertiary/aromatic N) is 1. The molecule has 23 heavy (non-hydrogen) atoms. The predicted molar refractivity (Wildman–Crippen MR) is 93.0 cm³/mol. The third-order valence-electron chi connectivity index (χ3n) is 3.91. The van der Waals surface area contributed by atoms with Crippen molar-refractivity contribution >= 4 is 38.8 Å². The van der Waals surface area contributed by atoms with Gasteiger partial charge in [-0.05, 0) is 42.5 Å². The smallest absolute Gasteiger partial charge is 0.221 e. The van der Waals surface area contributed by atoms with E-state index in [9.17, 15) is 9.18 Å². The highest BCUT2D eigenvalue weighted by Gasteiger charge is 2.15. The zero-order valence-electron chi connectivity index (χ0n) is 13.3. The zero-order chi connectivity index (χ0) is 16.7. The van der Waals surface area contributed by atoms with Crippen molar-refractivity contribution in [2.75, 3.05) is 5.32 Å². The first-order chi connectivity index (χ1) is 10.9. The molecule has 1 heterocycles. The van der Waals surface area contributed by atoms with Gasteiger partial charge in [-0.15, -0.1) is 0 Å². The van der Waals surface area contributed by atoms with Crippen LogP contribution < -0.4 is 5.32 Å². The monoisotopic (exact) mass is 308 g/mol. The van der Waals surface area contributed by atoms with E-state index in [-0.39, 0.29) is 11.7 Å². The Bertz CT molecular complexity index is 976. The van der Waals surface area contributed by atoms with Gasteiger partial charge in [-0.3, -0.25) is 4.79 Å². The topological polar surface area (TPSA) is 42.0 Å². The Morgan fingerprint density at radius 1 is 1.17 bits per heavy atom. The van der Waals surface area contributed by atoms with Crippen molar-refractivity contribution < 1.29 is 9.18 Å². The average Bonchev–Trinajstić information content (AvgIpc) is 2.49. The van der Waals surface area contributed by atoms with Crippen LogP contribution in [0.4, 0.5) is 10.1 Å². The molecule has 0 unspecified atom stereocenters. The van der Waals surface area contributed by atoms with E-state index in [4.69, 9.17) is 0 Å². The van der Waals surface area contributed by atoms with Gasteiger partial charge in [0.25, 0.3) is 0 Å². The van der Waals surface area contributed by atoms with Gasteiger partial charge in [0.1, 0.15) is 5.82 Å². The summed E-state index contributed by atoms with van der Waals surface area (Å²) in [5, 5.41) is 4.94. The fourth-order valence-electron chi connectivity index (χ4n) is 2.85. The van der Waals surface area contributed by atoms with Crippen molar-refractivity contribution in [2.45, 2.75) is 20.8 Å². The molecule has 3 aromatic rings. The maximum absolute atomic E-state index is 14.3. The highest BCUT2D eigenvalue weighted by atomic mass is 19.1. The van der Waals surface area contributed by atoms with E-state index >= 15 is 0 Å². The molecule has 0 aliphatic heterocycles. The van der Waals surface area contributed by atoms with Crippen LogP contribution in [0.25, 0.3) is 27.2 Å². The lowest BCUT2D eigenvalue weighted by molar-refractivity contribution is -0.114. The summed E-state index contributed by atoms with van der Waals surface area (Å²) in [6, 6.07) is 8.69. The maximum Gasteiger partial charge on any atom is 0.221 e. The van der Waals surface area contributed by atoms with Crippen molar-refractivity contribution in [3.05, 3.63) is 54.0 Å². The molecule has 0 radical (unpaired) electrons. The molecule has 0 aliphatic rings. The van der Waals surface area contributed by atoms with Crippen molar-refractivity contribution in [2.24, 2.45) is 0 Å². The molecule has 1 N–H and O–H groups in total. The Balaban J connectivity index is 2.47. The fraction of sp³-hybridized carbons (Fsp3) is 0.158. The van der Waals surface area contributed by atoms with E-state index in [0.29, 0.717) is 22.3 Å². The number of allylic oxidation sites excluding steroid dienone is 1. The molecule has 3 nitrogen and oxygen atoms in total. The Labute approximate surface area is 133 Å². The maximum atomic E-state index is 14.3. The zero-order valence-corrected chi connectivity index (χ0v) is 13.3. The molecular weight excluding hydrogens is 291 g/mol. The lowest BCUT2D eigenvalue weighted by Gasteiger charge is -2.14. The molecule has 1 aromatic heterocycles. The van der Waals surface area contributed by atoms with Crippen molar-refractivity contribution in [3.8, 4) is 0 Å². The van der Waals surface area contributed by atoms with E-state index in [1.807, 2.05) is 32.0 Å². The summed E-state index contributed by atoms with van der Waals surface area (Å²) in [6.07, 6.45) is 0. The predicted octanol–water partition coefficient (Wildman–Crippen LogP) is 4.83. The van der Waals surface area contributed by atoms with Crippen molar-refractivity contribution in [1.29, 1.82) is 0 Å². The van der Waals surface area contributed by atoms with Gasteiger partial charge < -0.3 is 5.32 Å². The summed E-state index contributed by atoms with van der Waals surface area (Å²) in [5.74, 6) is -0.446. The van der Waals surface area contributed by atoms with Crippen LogP contribution >= 0.6 is 0 Å². The fourth-order valence-corrected chi connectivity index (χ4v) is 2.85. The second-order valence-electron chi connectivity index (χ2n) is 5.72. The molecule has 2 aromatic carbocycles. The number of halogens is 1. The third kappa shape index (κ3) is 2.46. The second-order valence-corrected chi connectivity index (χ2v) is 5.72. The van der Waals surface area contributed by atoms with Crippen LogP contribution in [0.1, 0.15) is 25.1 Å². The molecule has 1 amide bonds. The van der Waals surface area contributed by atoms with E-state index in [1.165, 1.54) is 13.0 Å². The first-order valence-electron chi connectivity index (χ1n) is 7.35. The lowest BCUT2D eigenvalue weighted by Crippen LogP contribution is -2.07. The Kier molecular flexibility index (Phi) is 3.60. The molecule has 0 saturated heterocycles. The third-order valence-corrected chi connectivity index (χ3v) is 3.91. The molecule has 116 valence electrons. The van der Waals surface area contributed by atoms with Crippen molar-refractivity contribution in [3.63, 3.8) is 0 Å². The number of hydrogen-bond donors (Lipinski definition) is 1. The SMILES string of the molecule is C=C(C)c1nc2c(C)c(NC(C)=O)ccc2c2cccc(F)c12. The van der Waals surface area contributed by atoms with Gasteiger partial charge in [0, 0.05) is 23.4 Å². The highest BCUT2D eigenvalue weighted by molar-refractivity contribution is 6.11. The lowest BCUT2D eigenvalue weighted by atomic mass is 9.98. The van der Waals surface area contributed by atoms with Crippen molar-refractivity contribution in [1.82, 2.24) is 4.98 Å². The highest BCUT2D eigenvalue weighted by Crippen LogP contribution is 2.34. The first-order valence-corrected chi connectivity index (χ1v) is 7.35. The molecule has 0 bridgehead atoms. The number of hydrogen-bond acceptors (Lipinski definition) is 2. The number of amides is 1. The molecule has 0 fully saturated rings. The number of aromatic nitrogens is 1. The largest absolute Gasteiger partial charge is 0.326 e. The molecule has 0 saturated carbocycles. The van der Waals surface area contributed by atoms with Gasteiger partial charge >= 0.3 is 0 Å². The van der Waals surface area contributed by atoms with Gasteiger partial charge in [-0.1, -0.05) is 24.8 Å². The standard InChI is InChI=1S/C19H17FN2O/c1-10(2)18-17-13(6-5-7-15(17)20)14-8-9-16(21-12(4)23)11(3)19(14)22-18/h5-9H,1H2,2-4H3,(H,21,23). The minimum Gasteiger partial charge on any atom is -0.326 e. The molecule has 0 atom stereocenters. The molecule has 4 heteroatoms. The van der Waals surface area contributed by atoms with Gasteiger partial charge in [0.2, 0.25) is 5.91 Å². The van der Waals surface area contributed by atoms with Crippen LogP contribution in [0.15, 0.2) is 36.9 Å².